The number of fused-ring (bicyclic) bond motifs is 1. The van der Waals surface area contributed by atoms with Crippen molar-refractivity contribution in [2.75, 3.05) is 45.8 Å². The van der Waals surface area contributed by atoms with Crippen LogP contribution in [-0.4, -0.2) is 72.7 Å². The fraction of sp³-hybridized carbons (Fsp3) is 0.500. The van der Waals surface area contributed by atoms with Gasteiger partial charge in [0.2, 0.25) is 5.91 Å². The normalized spacial score (nSPS) is 15.1. The Labute approximate surface area is 152 Å². The highest BCUT2D eigenvalue weighted by Crippen LogP contribution is 2.14. The van der Waals surface area contributed by atoms with E-state index in [2.05, 4.69) is 31.0 Å². The number of amides is 2. The molecule has 8 nitrogen and oxygen atoms in total. The Balaban J connectivity index is 1.31. The van der Waals surface area contributed by atoms with Gasteiger partial charge in [-0.1, -0.05) is 18.2 Å². The topological polar surface area (TPSA) is 102 Å². The Hall–Kier alpha value is -2.45. The summed E-state index contributed by atoms with van der Waals surface area (Å²) in [7, 11) is 0. The summed E-state index contributed by atoms with van der Waals surface area (Å²) in [5, 5.41) is 16.6. The third-order valence-electron chi connectivity index (χ3n) is 4.51. The van der Waals surface area contributed by atoms with Crippen molar-refractivity contribution < 1.29 is 9.59 Å². The first kappa shape index (κ1) is 18.3. The second-order valence-electron chi connectivity index (χ2n) is 6.42. The molecule has 1 aromatic heterocycles. The van der Waals surface area contributed by atoms with Crippen LogP contribution >= 0.6 is 0 Å². The van der Waals surface area contributed by atoms with Crippen LogP contribution in [0, 0.1) is 0 Å². The van der Waals surface area contributed by atoms with Crippen molar-refractivity contribution in [2.24, 2.45) is 0 Å². The molecule has 0 spiro atoms. The zero-order chi connectivity index (χ0) is 18.2. The van der Waals surface area contributed by atoms with Gasteiger partial charge in [-0.2, -0.15) is 5.10 Å². The number of carbonyl (C=O) groups is 2. The van der Waals surface area contributed by atoms with Crippen LogP contribution in [0.5, 0.6) is 0 Å². The maximum absolute atomic E-state index is 12.2. The lowest BCUT2D eigenvalue weighted by Gasteiger charge is -2.27. The predicted molar refractivity (Wildman–Crippen MR) is 100.0 cm³/mol. The third-order valence-corrected chi connectivity index (χ3v) is 4.51. The first-order chi connectivity index (χ1) is 12.7. The number of carbonyl (C=O) groups excluding carboxylic acids is 2. The largest absolute Gasteiger partial charge is 0.356 e. The lowest BCUT2D eigenvalue weighted by molar-refractivity contribution is -0.120. The highest BCUT2D eigenvalue weighted by molar-refractivity contribution is 6.04. The highest BCUT2D eigenvalue weighted by atomic mass is 16.2. The molecule has 0 aliphatic carbocycles. The maximum atomic E-state index is 12.2. The lowest BCUT2D eigenvalue weighted by atomic mass is 10.2. The van der Waals surface area contributed by atoms with Crippen LogP contribution in [0.4, 0.5) is 0 Å². The number of aromatic nitrogens is 2. The molecule has 2 heterocycles. The molecule has 2 aromatic rings. The molecule has 0 unspecified atom stereocenters. The Morgan fingerprint density at radius 1 is 1.12 bits per heavy atom. The minimum Gasteiger partial charge on any atom is -0.356 e. The second-order valence-corrected chi connectivity index (χ2v) is 6.42. The van der Waals surface area contributed by atoms with Crippen LogP contribution in [0.3, 0.4) is 0 Å². The van der Waals surface area contributed by atoms with Gasteiger partial charge in [0.1, 0.15) is 0 Å². The lowest BCUT2D eigenvalue weighted by Crippen LogP contribution is -2.44. The van der Waals surface area contributed by atoms with Gasteiger partial charge in [-0.3, -0.25) is 14.7 Å². The number of hydrogen-bond acceptors (Lipinski definition) is 5. The Kier molecular flexibility index (Phi) is 6.56. The van der Waals surface area contributed by atoms with E-state index >= 15 is 0 Å². The van der Waals surface area contributed by atoms with E-state index in [1.165, 1.54) is 0 Å². The van der Waals surface area contributed by atoms with Crippen molar-refractivity contribution >= 4 is 22.7 Å². The number of H-pyrrole nitrogens is 1. The van der Waals surface area contributed by atoms with E-state index in [1.807, 2.05) is 24.3 Å². The van der Waals surface area contributed by atoms with Crippen LogP contribution in [-0.2, 0) is 4.79 Å². The van der Waals surface area contributed by atoms with E-state index in [1.54, 1.807) is 0 Å². The van der Waals surface area contributed by atoms with Crippen molar-refractivity contribution in [3.63, 3.8) is 0 Å². The molecule has 1 aromatic carbocycles. The van der Waals surface area contributed by atoms with Crippen molar-refractivity contribution in [2.45, 2.75) is 12.8 Å². The Morgan fingerprint density at radius 2 is 1.92 bits per heavy atom. The molecule has 1 aliphatic rings. The third kappa shape index (κ3) is 5.03. The van der Waals surface area contributed by atoms with E-state index in [4.69, 9.17) is 0 Å². The first-order valence-electron chi connectivity index (χ1n) is 9.15. The molecule has 26 heavy (non-hydrogen) atoms. The fourth-order valence-corrected chi connectivity index (χ4v) is 3.06. The summed E-state index contributed by atoms with van der Waals surface area (Å²) in [6, 6.07) is 7.46. The number of para-hydroxylation sites is 1. The minimum absolute atomic E-state index is 0.0440. The second kappa shape index (κ2) is 9.30. The van der Waals surface area contributed by atoms with Crippen LogP contribution in [0.1, 0.15) is 23.3 Å². The van der Waals surface area contributed by atoms with Crippen molar-refractivity contribution in [1.82, 2.24) is 31.0 Å². The van der Waals surface area contributed by atoms with Gasteiger partial charge in [0.05, 0.1) is 5.52 Å². The van der Waals surface area contributed by atoms with Gasteiger partial charge in [-0.05, 0) is 19.0 Å². The average Bonchev–Trinajstić information content (AvgIpc) is 3.10. The molecule has 140 valence electrons. The summed E-state index contributed by atoms with van der Waals surface area (Å²) in [6.07, 6.45) is 1.21. The smallest absolute Gasteiger partial charge is 0.272 e. The number of benzene rings is 1. The molecule has 4 N–H and O–H groups in total. The van der Waals surface area contributed by atoms with Crippen LogP contribution in [0.15, 0.2) is 24.3 Å². The predicted octanol–water partition coefficient (Wildman–Crippen LogP) is 0.0943. The van der Waals surface area contributed by atoms with Crippen LogP contribution < -0.4 is 16.0 Å². The monoisotopic (exact) mass is 358 g/mol. The molecule has 1 aliphatic heterocycles. The summed E-state index contributed by atoms with van der Waals surface area (Å²) in [4.78, 5) is 26.5. The number of rotatable bonds is 8. The van der Waals surface area contributed by atoms with Gasteiger partial charge in [0, 0.05) is 51.1 Å². The maximum Gasteiger partial charge on any atom is 0.272 e. The van der Waals surface area contributed by atoms with E-state index in [-0.39, 0.29) is 18.2 Å². The van der Waals surface area contributed by atoms with Crippen LogP contribution in [0.25, 0.3) is 10.9 Å². The zero-order valence-electron chi connectivity index (χ0n) is 14.9. The molecule has 8 heteroatoms. The molecule has 3 rings (SSSR count). The van der Waals surface area contributed by atoms with Crippen LogP contribution in [0.2, 0.25) is 0 Å². The molecule has 0 radical (unpaired) electrons. The molecule has 0 saturated carbocycles. The average molecular weight is 358 g/mol. The van der Waals surface area contributed by atoms with E-state index in [0.717, 1.165) is 50.0 Å². The van der Waals surface area contributed by atoms with Crippen molar-refractivity contribution in [3.8, 4) is 0 Å². The molecular weight excluding hydrogens is 332 g/mol. The summed E-state index contributed by atoms with van der Waals surface area (Å²) in [6.45, 7) is 6.19. The van der Waals surface area contributed by atoms with Gasteiger partial charge in [0.15, 0.2) is 5.69 Å². The number of aromatic amines is 1. The molecule has 0 atom stereocenters. The summed E-state index contributed by atoms with van der Waals surface area (Å²) >= 11 is 0. The van der Waals surface area contributed by atoms with Gasteiger partial charge in [-0.25, -0.2) is 0 Å². The van der Waals surface area contributed by atoms with E-state index in [9.17, 15) is 9.59 Å². The number of nitrogens with zero attached hydrogens (tertiary/aromatic N) is 2. The highest BCUT2D eigenvalue weighted by Gasteiger charge is 2.13. The summed E-state index contributed by atoms with van der Waals surface area (Å²) in [5.41, 5.74) is 1.18. The Bertz CT molecular complexity index is 738. The van der Waals surface area contributed by atoms with Crippen molar-refractivity contribution in [1.29, 1.82) is 0 Å². The minimum atomic E-state index is -0.269. The molecule has 1 saturated heterocycles. The fourth-order valence-electron chi connectivity index (χ4n) is 3.06. The molecule has 1 fully saturated rings. The number of piperazine rings is 1. The van der Waals surface area contributed by atoms with Gasteiger partial charge < -0.3 is 20.9 Å². The number of nitrogens with one attached hydrogen (secondary N) is 4. The Morgan fingerprint density at radius 3 is 2.77 bits per heavy atom. The quantitative estimate of drug-likeness (QED) is 0.501. The zero-order valence-corrected chi connectivity index (χ0v) is 14.9. The molecule has 2 amide bonds. The van der Waals surface area contributed by atoms with E-state index < -0.39 is 0 Å². The molecule has 0 bridgehead atoms. The van der Waals surface area contributed by atoms with Gasteiger partial charge >= 0.3 is 0 Å². The van der Waals surface area contributed by atoms with Gasteiger partial charge in [-0.15, -0.1) is 0 Å². The SMILES string of the molecule is O=C(CCNC(=O)c1n[nH]c2ccccc12)NCCCN1CCNCC1. The van der Waals surface area contributed by atoms with Gasteiger partial charge in [0.25, 0.3) is 5.91 Å². The summed E-state index contributed by atoms with van der Waals surface area (Å²) < 4.78 is 0. The standard InChI is InChI=1S/C18H26N6O2/c25-16(20-7-3-11-24-12-9-19-10-13-24)6-8-21-18(26)17-14-4-1-2-5-15(14)22-23-17/h1-2,4-5,19H,3,6-13H2,(H,20,25)(H,21,26)(H,22,23). The molecular formula is C18H26N6O2. The summed E-state index contributed by atoms with van der Waals surface area (Å²) in [5.74, 6) is -0.313. The van der Waals surface area contributed by atoms with E-state index in [0.29, 0.717) is 18.8 Å². The van der Waals surface area contributed by atoms with Crippen molar-refractivity contribution in [3.05, 3.63) is 30.0 Å². The number of hydrogen-bond donors (Lipinski definition) is 4. The first-order valence-corrected chi connectivity index (χ1v) is 9.15.